The van der Waals surface area contributed by atoms with Crippen molar-refractivity contribution in [2.75, 3.05) is 0 Å². The second-order valence-electron chi connectivity index (χ2n) is 4.75. The van der Waals surface area contributed by atoms with Gasteiger partial charge in [0, 0.05) is 0 Å². The molecule has 3 atom stereocenters. The molecule has 3 unspecified atom stereocenters. The van der Waals surface area contributed by atoms with Crippen LogP contribution in [0, 0.1) is 11.8 Å². The number of hydrogen-bond acceptors (Lipinski definition) is 1. The molecule has 1 aliphatic rings. The molecular formula is C12H22O. The van der Waals surface area contributed by atoms with Gasteiger partial charge in [-0.2, -0.15) is 0 Å². The summed E-state index contributed by atoms with van der Waals surface area (Å²) in [6.07, 6.45) is 6.87. The molecule has 1 N–H and O–H groups in total. The molecule has 1 heteroatoms. The largest absolute Gasteiger partial charge is 0.390 e. The molecular weight excluding hydrogens is 160 g/mol. The second-order valence-corrected chi connectivity index (χ2v) is 4.75. The number of rotatable bonds is 3. The molecule has 0 amide bonds. The number of aliphatic hydroxyl groups is 1. The Bertz CT molecular complexity index is 176. The zero-order valence-electron chi connectivity index (χ0n) is 8.92. The summed E-state index contributed by atoms with van der Waals surface area (Å²) in [4.78, 5) is 0. The average Bonchev–Trinajstić information content (AvgIpc) is 2.09. The van der Waals surface area contributed by atoms with Gasteiger partial charge in [0.2, 0.25) is 0 Å². The Morgan fingerprint density at radius 1 is 1.46 bits per heavy atom. The zero-order valence-corrected chi connectivity index (χ0v) is 8.92. The lowest BCUT2D eigenvalue weighted by molar-refractivity contribution is -0.0342. The van der Waals surface area contributed by atoms with Crippen molar-refractivity contribution in [3.63, 3.8) is 0 Å². The highest BCUT2D eigenvalue weighted by atomic mass is 16.3. The Balaban J connectivity index is 2.46. The van der Waals surface area contributed by atoms with Crippen molar-refractivity contribution in [1.82, 2.24) is 0 Å². The minimum absolute atomic E-state index is 0.389. The molecule has 1 fully saturated rings. The smallest absolute Gasteiger partial charge is 0.0653 e. The van der Waals surface area contributed by atoms with E-state index in [4.69, 9.17) is 0 Å². The van der Waals surface area contributed by atoms with Gasteiger partial charge < -0.3 is 5.11 Å². The fourth-order valence-electron chi connectivity index (χ4n) is 2.28. The summed E-state index contributed by atoms with van der Waals surface area (Å²) >= 11 is 0. The normalized spacial score (nSPS) is 40.2. The van der Waals surface area contributed by atoms with Crippen molar-refractivity contribution in [2.45, 2.75) is 51.6 Å². The maximum absolute atomic E-state index is 10.2. The molecule has 13 heavy (non-hydrogen) atoms. The van der Waals surface area contributed by atoms with Gasteiger partial charge >= 0.3 is 0 Å². The van der Waals surface area contributed by atoms with Gasteiger partial charge in [0.1, 0.15) is 0 Å². The first kappa shape index (κ1) is 10.8. The van der Waals surface area contributed by atoms with Gasteiger partial charge in [-0.1, -0.05) is 19.9 Å². The van der Waals surface area contributed by atoms with Crippen molar-refractivity contribution in [3.05, 3.63) is 12.7 Å². The Labute approximate surface area is 81.9 Å². The summed E-state index contributed by atoms with van der Waals surface area (Å²) in [6, 6.07) is 0. The van der Waals surface area contributed by atoms with Crippen LogP contribution in [0.2, 0.25) is 0 Å². The van der Waals surface area contributed by atoms with Gasteiger partial charge in [-0.05, 0) is 43.9 Å². The third kappa shape index (κ3) is 2.84. The fourth-order valence-corrected chi connectivity index (χ4v) is 2.28. The Kier molecular flexibility index (Phi) is 3.55. The topological polar surface area (TPSA) is 20.2 Å². The molecule has 0 spiro atoms. The molecule has 1 rings (SSSR count). The maximum atomic E-state index is 10.2. The van der Waals surface area contributed by atoms with E-state index in [9.17, 15) is 5.11 Å². The molecule has 0 heterocycles. The summed E-state index contributed by atoms with van der Waals surface area (Å²) in [7, 11) is 0. The lowest BCUT2D eigenvalue weighted by atomic mass is 9.71. The van der Waals surface area contributed by atoms with Crippen LogP contribution in [0.4, 0.5) is 0 Å². The first-order valence-electron chi connectivity index (χ1n) is 5.41. The third-order valence-corrected chi connectivity index (χ3v) is 3.55. The highest BCUT2D eigenvalue weighted by molar-refractivity contribution is 4.89. The van der Waals surface area contributed by atoms with Crippen LogP contribution in [0.25, 0.3) is 0 Å². The third-order valence-electron chi connectivity index (χ3n) is 3.55. The predicted octanol–water partition coefficient (Wildman–Crippen LogP) is 3.14. The quantitative estimate of drug-likeness (QED) is 0.665. The minimum Gasteiger partial charge on any atom is -0.390 e. The van der Waals surface area contributed by atoms with E-state index < -0.39 is 0 Å². The molecule has 1 aliphatic carbocycles. The number of allylic oxidation sites excluding steroid dienone is 1. The van der Waals surface area contributed by atoms with Crippen molar-refractivity contribution in [2.24, 2.45) is 11.8 Å². The Morgan fingerprint density at radius 3 is 2.69 bits per heavy atom. The van der Waals surface area contributed by atoms with Crippen LogP contribution < -0.4 is 0 Å². The van der Waals surface area contributed by atoms with E-state index in [2.05, 4.69) is 20.4 Å². The van der Waals surface area contributed by atoms with Crippen molar-refractivity contribution in [1.29, 1.82) is 0 Å². The van der Waals surface area contributed by atoms with Gasteiger partial charge in [0.25, 0.3) is 0 Å². The Hall–Kier alpha value is -0.300. The monoisotopic (exact) mass is 182 g/mol. The van der Waals surface area contributed by atoms with E-state index >= 15 is 0 Å². The van der Waals surface area contributed by atoms with Crippen molar-refractivity contribution in [3.8, 4) is 0 Å². The van der Waals surface area contributed by atoms with Crippen LogP contribution in [0.5, 0.6) is 0 Å². The van der Waals surface area contributed by atoms with Crippen LogP contribution >= 0.6 is 0 Å². The molecule has 1 nitrogen and oxygen atoms in total. The predicted molar refractivity (Wildman–Crippen MR) is 56.6 cm³/mol. The molecule has 0 aromatic rings. The molecule has 0 aromatic carbocycles. The molecule has 0 radical (unpaired) electrons. The SMILES string of the molecule is C=CCCC1(O)CCC(C)C(C)C1. The maximum Gasteiger partial charge on any atom is 0.0653 e. The van der Waals surface area contributed by atoms with Gasteiger partial charge in [-0.3, -0.25) is 0 Å². The lowest BCUT2D eigenvalue weighted by Crippen LogP contribution is -2.37. The van der Waals surface area contributed by atoms with E-state index in [1.54, 1.807) is 0 Å². The molecule has 76 valence electrons. The van der Waals surface area contributed by atoms with Crippen molar-refractivity contribution >= 4 is 0 Å². The molecule has 0 aliphatic heterocycles. The molecule has 0 bridgehead atoms. The van der Waals surface area contributed by atoms with Crippen molar-refractivity contribution < 1.29 is 5.11 Å². The van der Waals surface area contributed by atoms with Crippen LogP contribution in [0.3, 0.4) is 0 Å². The highest BCUT2D eigenvalue weighted by Crippen LogP contribution is 2.38. The summed E-state index contributed by atoms with van der Waals surface area (Å²) in [5, 5.41) is 10.2. The standard InChI is InChI=1S/C12H22O/c1-4-5-7-12(13)8-6-10(2)11(3)9-12/h4,10-11,13H,1,5-9H2,2-3H3. The summed E-state index contributed by atoms with van der Waals surface area (Å²) in [6.45, 7) is 8.24. The van der Waals surface area contributed by atoms with Crippen LogP contribution in [0.15, 0.2) is 12.7 Å². The summed E-state index contributed by atoms with van der Waals surface area (Å²) in [5.74, 6) is 1.45. The van der Waals surface area contributed by atoms with E-state index in [0.717, 1.165) is 31.6 Å². The zero-order chi connectivity index (χ0) is 9.90. The molecule has 0 saturated heterocycles. The van der Waals surface area contributed by atoms with Crippen LogP contribution in [-0.4, -0.2) is 10.7 Å². The van der Waals surface area contributed by atoms with Gasteiger partial charge in [-0.15, -0.1) is 6.58 Å². The van der Waals surface area contributed by atoms with E-state index in [1.807, 2.05) is 6.08 Å². The molecule has 1 saturated carbocycles. The van der Waals surface area contributed by atoms with E-state index in [-0.39, 0.29) is 5.60 Å². The van der Waals surface area contributed by atoms with Gasteiger partial charge in [0.05, 0.1) is 5.60 Å². The molecule has 0 aromatic heterocycles. The number of hydrogen-bond donors (Lipinski definition) is 1. The first-order chi connectivity index (χ1) is 6.07. The fraction of sp³-hybridized carbons (Fsp3) is 0.833. The summed E-state index contributed by atoms with van der Waals surface area (Å²) < 4.78 is 0. The average molecular weight is 182 g/mol. The lowest BCUT2D eigenvalue weighted by Gasteiger charge is -2.39. The van der Waals surface area contributed by atoms with E-state index in [0.29, 0.717) is 5.92 Å². The second kappa shape index (κ2) is 4.28. The van der Waals surface area contributed by atoms with Crippen LogP contribution in [0.1, 0.15) is 46.0 Å². The Morgan fingerprint density at radius 2 is 2.15 bits per heavy atom. The highest BCUT2D eigenvalue weighted by Gasteiger charge is 2.34. The van der Waals surface area contributed by atoms with E-state index in [1.165, 1.54) is 6.42 Å². The van der Waals surface area contributed by atoms with Crippen LogP contribution in [-0.2, 0) is 0 Å². The van der Waals surface area contributed by atoms with Gasteiger partial charge in [-0.25, -0.2) is 0 Å². The minimum atomic E-state index is -0.389. The summed E-state index contributed by atoms with van der Waals surface area (Å²) in [5.41, 5.74) is -0.389. The first-order valence-corrected chi connectivity index (χ1v) is 5.41. The van der Waals surface area contributed by atoms with Gasteiger partial charge in [0.15, 0.2) is 0 Å².